The Labute approximate surface area is 132 Å². The fourth-order valence-corrected chi connectivity index (χ4v) is 1.77. The van der Waals surface area contributed by atoms with Crippen molar-refractivity contribution in [3.63, 3.8) is 0 Å². The van der Waals surface area contributed by atoms with Crippen LogP contribution in [-0.2, 0) is 16.1 Å². The molecule has 0 fully saturated rings. The van der Waals surface area contributed by atoms with E-state index in [2.05, 4.69) is 5.32 Å². The number of carbonyl (C=O) groups is 3. The molecule has 0 unspecified atom stereocenters. The molecule has 2 rings (SSSR count). The minimum atomic E-state index is -0.653. The van der Waals surface area contributed by atoms with E-state index in [9.17, 15) is 18.8 Å². The van der Waals surface area contributed by atoms with Crippen LogP contribution in [0, 0.1) is 5.82 Å². The van der Waals surface area contributed by atoms with Crippen molar-refractivity contribution >= 4 is 18.2 Å². The van der Waals surface area contributed by atoms with E-state index in [-0.39, 0.29) is 17.9 Å². The molecule has 0 saturated heterocycles. The number of amides is 1. The molecule has 2 aromatic rings. The predicted molar refractivity (Wildman–Crippen MR) is 80.4 cm³/mol. The van der Waals surface area contributed by atoms with Gasteiger partial charge in [0.25, 0.3) is 5.91 Å². The molecule has 0 aliphatic heterocycles. The summed E-state index contributed by atoms with van der Waals surface area (Å²) in [6.45, 7) is -0.208. The second kappa shape index (κ2) is 7.84. The molecular weight excluding hydrogens is 301 g/mol. The summed E-state index contributed by atoms with van der Waals surface area (Å²) < 4.78 is 17.6. The van der Waals surface area contributed by atoms with E-state index < -0.39 is 18.5 Å². The summed E-state index contributed by atoms with van der Waals surface area (Å²) in [6, 6.07) is 11.6. The summed E-state index contributed by atoms with van der Waals surface area (Å²) in [6.07, 6.45) is 0.665. The monoisotopic (exact) mass is 315 g/mol. The summed E-state index contributed by atoms with van der Waals surface area (Å²) >= 11 is 0. The Morgan fingerprint density at radius 3 is 2.30 bits per heavy atom. The van der Waals surface area contributed by atoms with Crippen LogP contribution < -0.4 is 5.32 Å². The third kappa shape index (κ3) is 5.03. The van der Waals surface area contributed by atoms with Gasteiger partial charge in [-0.25, -0.2) is 9.18 Å². The summed E-state index contributed by atoms with van der Waals surface area (Å²) in [4.78, 5) is 33.9. The lowest BCUT2D eigenvalue weighted by molar-refractivity contribution is -0.124. The molecule has 0 spiro atoms. The van der Waals surface area contributed by atoms with Crippen LogP contribution in [0.15, 0.2) is 48.5 Å². The lowest BCUT2D eigenvalue weighted by atomic mass is 10.1. The van der Waals surface area contributed by atoms with Crippen molar-refractivity contribution in [1.29, 1.82) is 0 Å². The Balaban J connectivity index is 1.77. The summed E-state index contributed by atoms with van der Waals surface area (Å²) in [5.41, 5.74) is 1.43. The van der Waals surface area contributed by atoms with Gasteiger partial charge >= 0.3 is 5.97 Å². The van der Waals surface area contributed by atoms with Crippen LogP contribution in [0.3, 0.4) is 0 Å². The number of rotatable bonds is 6. The molecule has 0 heterocycles. The average molecular weight is 315 g/mol. The molecule has 118 valence electrons. The minimum absolute atomic E-state index is 0.213. The minimum Gasteiger partial charge on any atom is -0.452 e. The van der Waals surface area contributed by atoms with Crippen LogP contribution in [0.25, 0.3) is 0 Å². The van der Waals surface area contributed by atoms with E-state index in [0.717, 1.165) is 5.56 Å². The Bertz CT molecular complexity index is 696. The normalized spacial score (nSPS) is 9.96. The van der Waals surface area contributed by atoms with Crippen LogP contribution in [0.5, 0.6) is 0 Å². The summed E-state index contributed by atoms with van der Waals surface area (Å²) in [5.74, 6) is -1.47. The summed E-state index contributed by atoms with van der Waals surface area (Å²) in [5, 5.41) is 2.56. The molecule has 0 aliphatic rings. The van der Waals surface area contributed by atoms with Crippen molar-refractivity contribution in [2.45, 2.75) is 6.54 Å². The van der Waals surface area contributed by atoms with E-state index in [1.165, 1.54) is 36.4 Å². The second-order valence-electron chi connectivity index (χ2n) is 4.72. The first-order valence-electron chi connectivity index (χ1n) is 6.82. The Hall–Kier alpha value is -3.02. The van der Waals surface area contributed by atoms with E-state index in [0.29, 0.717) is 11.8 Å². The van der Waals surface area contributed by atoms with Crippen LogP contribution in [0.1, 0.15) is 26.3 Å². The second-order valence-corrected chi connectivity index (χ2v) is 4.72. The molecule has 2 aromatic carbocycles. The Kier molecular flexibility index (Phi) is 5.57. The maximum absolute atomic E-state index is 12.7. The zero-order chi connectivity index (χ0) is 16.7. The smallest absolute Gasteiger partial charge is 0.338 e. The van der Waals surface area contributed by atoms with Crippen molar-refractivity contribution in [3.05, 3.63) is 71.0 Å². The van der Waals surface area contributed by atoms with Crippen molar-refractivity contribution in [2.24, 2.45) is 0 Å². The molecule has 1 N–H and O–H groups in total. The fraction of sp³-hybridized carbons (Fsp3) is 0.118. The number of aldehydes is 1. The van der Waals surface area contributed by atoms with Crippen molar-refractivity contribution < 1.29 is 23.5 Å². The van der Waals surface area contributed by atoms with Crippen LogP contribution in [0.4, 0.5) is 4.39 Å². The SMILES string of the molecule is O=Cc1ccc(C(=O)OCC(=O)NCc2ccc(F)cc2)cc1. The van der Waals surface area contributed by atoms with Gasteiger partial charge in [0.1, 0.15) is 12.1 Å². The number of hydrogen-bond acceptors (Lipinski definition) is 4. The lowest BCUT2D eigenvalue weighted by Gasteiger charge is -2.07. The van der Waals surface area contributed by atoms with Crippen LogP contribution in [0.2, 0.25) is 0 Å². The van der Waals surface area contributed by atoms with Crippen LogP contribution >= 0.6 is 0 Å². The van der Waals surface area contributed by atoms with Gasteiger partial charge in [0, 0.05) is 12.1 Å². The number of carbonyl (C=O) groups excluding carboxylic acids is 3. The first-order chi connectivity index (χ1) is 11.1. The van der Waals surface area contributed by atoms with Crippen LogP contribution in [-0.4, -0.2) is 24.8 Å². The lowest BCUT2D eigenvalue weighted by Crippen LogP contribution is -2.28. The number of hydrogen-bond donors (Lipinski definition) is 1. The zero-order valence-corrected chi connectivity index (χ0v) is 12.1. The third-order valence-electron chi connectivity index (χ3n) is 3.02. The highest BCUT2D eigenvalue weighted by Gasteiger charge is 2.10. The molecule has 5 nitrogen and oxygen atoms in total. The van der Waals surface area contributed by atoms with Crippen molar-refractivity contribution in [2.75, 3.05) is 6.61 Å². The maximum Gasteiger partial charge on any atom is 0.338 e. The number of nitrogens with one attached hydrogen (secondary N) is 1. The van der Waals surface area contributed by atoms with Crippen molar-refractivity contribution in [1.82, 2.24) is 5.32 Å². The number of halogens is 1. The van der Waals surface area contributed by atoms with Gasteiger partial charge in [-0.1, -0.05) is 24.3 Å². The van der Waals surface area contributed by atoms with Gasteiger partial charge in [-0.2, -0.15) is 0 Å². The van der Waals surface area contributed by atoms with E-state index in [1.54, 1.807) is 12.1 Å². The first-order valence-corrected chi connectivity index (χ1v) is 6.82. The van der Waals surface area contributed by atoms with Crippen molar-refractivity contribution in [3.8, 4) is 0 Å². The predicted octanol–water partition coefficient (Wildman–Crippen LogP) is 2.11. The van der Waals surface area contributed by atoms with Gasteiger partial charge in [0.15, 0.2) is 6.61 Å². The molecule has 0 aliphatic carbocycles. The summed E-state index contributed by atoms with van der Waals surface area (Å²) in [7, 11) is 0. The maximum atomic E-state index is 12.7. The standard InChI is InChI=1S/C17H14FNO4/c18-15-7-3-12(4-8-15)9-19-16(21)11-23-17(22)14-5-1-13(10-20)2-6-14/h1-8,10H,9,11H2,(H,19,21). The third-order valence-corrected chi connectivity index (χ3v) is 3.02. The Morgan fingerprint density at radius 1 is 1.04 bits per heavy atom. The van der Waals surface area contributed by atoms with Gasteiger partial charge in [-0.05, 0) is 29.8 Å². The molecule has 0 radical (unpaired) electrons. The highest BCUT2D eigenvalue weighted by molar-refractivity contribution is 5.92. The average Bonchev–Trinajstić information content (AvgIpc) is 2.59. The molecule has 0 atom stereocenters. The van der Waals surface area contributed by atoms with Gasteiger partial charge in [0.2, 0.25) is 0 Å². The van der Waals surface area contributed by atoms with E-state index in [4.69, 9.17) is 4.74 Å². The van der Waals surface area contributed by atoms with Gasteiger partial charge in [0.05, 0.1) is 5.56 Å². The molecule has 23 heavy (non-hydrogen) atoms. The number of ether oxygens (including phenoxy) is 1. The van der Waals surface area contributed by atoms with Gasteiger partial charge in [-0.15, -0.1) is 0 Å². The largest absolute Gasteiger partial charge is 0.452 e. The Morgan fingerprint density at radius 2 is 1.70 bits per heavy atom. The zero-order valence-electron chi connectivity index (χ0n) is 12.1. The quantitative estimate of drug-likeness (QED) is 0.654. The van der Waals surface area contributed by atoms with Gasteiger partial charge in [-0.3, -0.25) is 9.59 Å². The fourth-order valence-electron chi connectivity index (χ4n) is 1.77. The highest BCUT2D eigenvalue weighted by atomic mass is 19.1. The molecule has 1 amide bonds. The van der Waals surface area contributed by atoms with Gasteiger partial charge < -0.3 is 10.1 Å². The molecule has 6 heteroatoms. The van der Waals surface area contributed by atoms with E-state index in [1.807, 2.05) is 0 Å². The topological polar surface area (TPSA) is 72.5 Å². The molecular formula is C17H14FNO4. The number of esters is 1. The first kappa shape index (κ1) is 16.4. The number of benzene rings is 2. The molecule has 0 aromatic heterocycles. The molecule has 0 saturated carbocycles. The van der Waals surface area contributed by atoms with E-state index >= 15 is 0 Å². The highest BCUT2D eigenvalue weighted by Crippen LogP contribution is 2.05. The molecule has 0 bridgehead atoms.